The Kier molecular flexibility index (Phi) is 22.1. The molecule has 1 atom stereocenters. The van der Waals surface area contributed by atoms with Crippen molar-refractivity contribution in [2.24, 2.45) is 0 Å². The topological polar surface area (TPSA) is 57.2 Å². The molecule has 0 radical (unpaired) electrons. The van der Waals surface area contributed by atoms with Crippen molar-refractivity contribution in [3.8, 4) is 0 Å². The van der Waals surface area contributed by atoms with Crippen molar-refractivity contribution in [2.45, 2.75) is 124 Å². The fraction of sp³-hybridized carbons (Fsp3) is 1.00. The number of hydrogen-bond donors (Lipinski definition) is 0. The molecular formula is C24H52FNO3S. The first-order chi connectivity index (χ1) is 14.2. The minimum absolute atomic E-state index is 0.282. The Morgan fingerprint density at radius 3 is 1.37 bits per heavy atom. The second kappa shape index (κ2) is 20.7. The number of hydrogen-bond acceptors (Lipinski definition) is 3. The smallest absolute Gasteiger partial charge is 0.100 e. The molecule has 0 aromatic carbocycles. The highest BCUT2D eigenvalue weighted by molar-refractivity contribution is 7.85. The lowest BCUT2D eigenvalue weighted by molar-refractivity contribution is -0.921. The van der Waals surface area contributed by atoms with Crippen LogP contribution in [0, 0.1) is 0 Å². The Hall–Kier alpha value is -0.200. The van der Waals surface area contributed by atoms with E-state index in [1.54, 1.807) is 0 Å². The maximum absolute atomic E-state index is 13.5. The van der Waals surface area contributed by atoms with Crippen LogP contribution in [0.1, 0.15) is 118 Å². The summed E-state index contributed by atoms with van der Waals surface area (Å²) in [7, 11) is -4.13. The van der Waals surface area contributed by atoms with Gasteiger partial charge in [0.05, 0.1) is 36.3 Å². The molecule has 0 spiro atoms. The van der Waals surface area contributed by atoms with E-state index in [0.29, 0.717) is 19.3 Å². The summed E-state index contributed by atoms with van der Waals surface area (Å²) in [4.78, 5) is 0. The zero-order valence-corrected chi connectivity index (χ0v) is 21.6. The van der Waals surface area contributed by atoms with Gasteiger partial charge in [-0.3, -0.25) is 0 Å². The molecule has 30 heavy (non-hydrogen) atoms. The monoisotopic (exact) mass is 453 g/mol. The molecule has 0 aliphatic carbocycles. The predicted octanol–water partition coefficient (Wildman–Crippen LogP) is 6.84. The molecule has 0 fully saturated rings. The summed E-state index contributed by atoms with van der Waals surface area (Å²) in [6.07, 6.45) is 11.9. The van der Waals surface area contributed by atoms with Crippen LogP contribution < -0.4 is 0 Å². The number of unbranched alkanes of at least 4 members (excludes halogenated alkanes) is 9. The Morgan fingerprint density at radius 2 is 1.03 bits per heavy atom. The molecule has 4 nitrogen and oxygen atoms in total. The summed E-state index contributed by atoms with van der Waals surface area (Å²) in [5, 5.41) is 0. The van der Waals surface area contributed by atoms with Crippen LogP contribution in [0.2, 0.25) is 0 Å². The molecule has 0 aromatic rings. The van der Waals surface area contributed by atoms with E-state index < -0.39 is 16.3 Å². The van der Waals surface area contributed by atoms with E-state index in [1.807, 2.05) is 0 Å². The summed E-state index contributed by atoms with van der Waals surface area (Å²) in [6.45, 7) is 16.4. The van der Waals surface area contributed by atoms with Gasteiger partial charge in [0.1, 0.15) is 6.17 Å². The molecule has 0 aliphatic rings. The van der Waals surface area contributed by atoms with E-state index in [4.69, 9.17) is 0 Å². The molecule has 0 aromatic heterocycles. The van der Waals surface area contributed by atoms with Crippen LogP contribution in [0.25, 0.3) is 0 Å². The van der Waals surface area contributed by atoms with Crippen molar-refractivity contribution in [2.75, 3.05) is 31.9 Å². The molecule has 6 heteroatoms. The summed E-state index contributed by atoms with van der Waals surface area (Å²) in [5.41, 5.74) is 0. The lowest BCUT2D eigenvalue weighted by atomic mass is 10.0. The highest BCUT2D eigenvalue weighted by atomic mass is 32.2. The largest absolute Gasteiger partial charge is 0.748 e. The molecule has 0 aliphatic heterocycles. The number of halogens is 1. The summed E-state index contributed by atoms with van der Waals surface area (Å²) in [6, 6.07) is 0. The Morgan fingerprint density at radius 1 is 0.667 bits per heavy atom. The van der Waals surface area contributed by atoms with Gasteiger partial charge in [0.15, 0.2) is 0 Å². The van der Waals surface area contributed by atoms with E-state index in [9.17, 15) is 17.4 Å². The third-order valence-corrected chi connectivity index (χ3v) is 7.25. The first-order valence-corrected chi connectivity index (χ1v) is 14.2. The number of rotatable bonds is 19. The van der Waals surface area contributed by atoms with Gasteiger partial charge in [-0.2, -0.15) is 0 Å². The first-order valence-electron chi connectivity index (χ1n) is 12.6. The van der Waals surface area contributed by atoms with Gasteiger partial charge < -0.3 is 9.04 Å². The second-order valence-corrected chi connectivity index (χ2v) is 10.1. The Bertz CT molecular complexity index is 436. The van der Waals surface area contributed by atoms with Gasteiger partial charge in [-0.15, -0.1) is 0 Å². The normalized spacial score (nSPS) is 13.0. The zero-order valence-electron chi connectivity index (χ0n) is 20.8. The van der Waals surface area contributed by atoms with Crippen molar-refractivity contribution in [3.63, 3.8) is 0 Å². The molecular weight excluding hydrogens is 401 g/mol. The van der Waals surface area contributed by atoms with E-state index >= 15 is 0 Å². The van der Waals surface area contributed by atoms with Crippen LogP contribution in [0.5, 0.6) is 0 Å². The van der Waals surface area contributed by atoms with Crippen molar-refractivity contribution < 1.29 is 21.8 Å². The molecule has 1 unspecified atom stereocenters. The Labute approximate surface area is 188 Å². The maximum Gasteiger partial charge on any atom is 0.100 e. The number of quaternary nitrogens is 1. The Balaban J connectivity index is 0. The summed E-state index contributed by atoms with van der Waals surface area (Å²) in [5.74, 6) is -0.363. The maximum atomic E-state index is 13.5. The van der Waals surface area contributed by atoms with Crippen LogP contribution in [-0.4, -0.2) is 55.6 Å². The first kappa shape index (κ1) is 32.0. The predicted molar refractivity (Wildman–Crippen MR) is 128 cm³/mol. The van der Waals surface area contributed by atoms with Gasteiger partial charge in [0.2, 0.25) is 0 Å². The lowest BCUT2D eigenvalue weighted by Crippen LogP contribution is -2.47. The molecule has 0 N–H and O–H groups in total. The van der Waals surface area contributed by atoms with Crippen LogP contribution in [0.15, 0.2) is 0 Å². The molecule has 0 saturated heterocycles. The quantitative estimate of drug-likeness (QED) is 0.122. The summed E-state index contributed by atoms with van der Waals surface area (Å²) < 4.78 is 45.9. The van der Waals surface area contributed by atoms with Gasteiger partial charge in [0, 0.05) is 5.75 Å². The molecule has 0 amide bonds. The molecule has 0 heterocycles. The van der Waals surface area contributed by atoms with E-state index in [1.165, 1.54) is 75.6 Å². The van der Waals surface area contributed by atoms with E-state index in [2.05, 4.69) is 34.6 Å². The number of alkyl halides is 1. The fourth-order valence-electron chi connectivity index (χ4n) is 3.81. The van der Waals surface area contributed by atoms with Crippen LogP contribution in [0.3, 0.4) is 0 Å². The summed E-state index contributed by atoms with van der Waals surface area (Å²) >= 11 is 0. The third kappa shape index (κ3) is 21.0. The highest BCUT2D eigenvalue weighted by Gasteiger charge is 2.16. The second-order valence-electron chi connectivity index (χ2n) is 8.58. The van der Waals surface area contributed by atoms with Gasteiger partial charge in [-0.25, -0.2) is 12.8 Å². The highest BCUT2D eigenvalue weighted by Crippen LogP contribution is 2.15. The van der Waals surface area contributed by atoms with Gasteiger partial charge in [-0.1, -0.05) is 64.7 Å². The van der Waals surface area contributed by atoms with Gasteiger partial charge in [-0.05, 0) is 53.4 Å². The van der Waals surface area contributed by atoms with Crippen molar-refractivity contribution in [1.29, 1.82) is 0 Å². The van der Waals surface area contributed by atoms with Crippen LogP contribution in [-0.2, 0) is 10.1 Å². The molecule has 0 rings (SSSR count). The fourth-order valence-corrected chi connectivity index (χ4v) is 4.36. The molecule has 184 valence electrons. The van der Waals surface area contributed by atoms with E-state index in [-0.39, 0.29) is 12.2 Å². The van der Waals surface area contributed by atoms with Gasteiger partial charge in [0.25, 0.3) is 0 Å². The molecule has 0 bridgehead atoms. The number of nitrogens with zero attached hydrogens (tertiary/aromatic N) is 1. The minimum atomic E-state index is -4.13. The van der Waals surface area contributed by atoms with Crippen molar-refractivity contribution >= 4 is 10.1 Å². The third-order valence-electron chi connectivity index (χ3n) is 6.47. The van der Waals surface area contributed by atoms with E-state index in [0.717, 1.165) is 12.8 Å². The van der Waals surface area contributed by atoms with Gasteiger partial charge >= 0.3 is 0 Å². The van der Waals surface area contributed by atoms with Crippen LogP contribution in [0.4, 0.5) is 4.39 Å². The lowest BCUT2D eigenvalue weighted by Gasteiger charge is -2.34. The SMILES string of the molecule is CCCCCCCCCCCC(F)CCCCS(=O)(=O)[O-].CC[N+](CC)(CC)CC. The molecule has 0 saturated carbocycles. The van der Waals surface area contributed by atoms with Crippen LogP contribution >= 0.6 is 0 Å². The minimum Gasteiger partial charge on any atom is -0.748 e. The van der Waals surface area contributed by atoms with Crippen molar-refractivity contribution in [1.82, 2.24) is 0 Å². The van der Waals surface area contributed by atoms with Crippen molar-refractivity contribution in [3.05, 3.63) is 0 Å². The standard InChI is InChI=1S/C16H33FO3S.C8H20N/c1-2-3-4-5-6-7-8-9-10-13-16(17)14-11-12-15-21(18,19)20;1-5-9(6-2,7-3)8-4/h16H,2-15H2,1H3,(H,18,19,20);5-8H2,1-4H3/q;+1/p-1. The average Bonchev–Trinajstić information content (AvgIpc) is 2.72. The zero-order chi connectivity index (χ0) is 23.3. The average molecular weight is 454 g/mol.